The van der Waals surface area contributed by atoms with Gasteiger partial charge in [0.1, 0.15) is 5.75 Å². The quantitative estimate of drug-likeness (QED) is 0.867. The maximum absolute atomic E-state index is 12.8. The molecule has 2 aromatic carbocycles. The molecular formula is C21H27NO2. The number of nitrogens with one attached hydrogen (secondary N) is 1. The molecule has 0 aromatic heterocycles. The first kappa shape index (κ1) is 18.1. The minimum absolute atomic E-state index is 0.0597. The third-order valence-corrected chi connectivity index (χ3v) is 4.36. The first-order valence-electron chi connectivity index (χ1n) is 8.22. The van der Waals surface area contributed by atoms with Crippen LogP contribution < -0.4 is 10.1 Å². The molecule has 1 N–H and O–H groups in total. The number of hydrogen-bond acceptors (Lipinski definition) is 2. The molecule has 0 aliphatic carbocycles. The van der Waals surface area contributed by atoms with Crippen molar-refractivity contribution in [2.24, 2.45) is 0 Å². The van der Waals surface area contributed by atoms with Crippen LogP contribution >= 0.6 is 0 Å². The number of ether oxygens (including phenoxy) is 1. The van der Waals surface area contributed by atoms with Gasteiger partial charge in [-0.2, -0.15) is 0 Å². The molecule has 3 nitrogen and oxygen atoms in total. The van der Waals surface area contributed by atoms with Crippen LogP contribution in [0.25, 0.3) is 0 Å². The molecule has 0 unspecified atom stereocenters. The highest BCUT2D eigenvalue weighted by molar-refractivity contribution is 5.99. The van der Waals surface area contributed by atoms with Gasteiger partial charge < -0.3 is 10.1 Å². The van der Waals surface area contributed by atoms with E-state index in [9.17, 15) is 4.79 Å². The van der Waals surface area contributed by atoms with Gasteiger partial charge in [-0.25, -0.2) is 0 Å². The molecule has 128 valence electrons. The van der Waals surface area contributed by atoms with E-state index in [1.54, 1.807) is 7.11 Å². The summed E-state index contributed by atoms with van der Waals surface area (Å²) in [6.45, 7) is 10.3. The number of carbonyl (C=O) groups is 1. The third kappa shape index (κ3) is 3.78. The zero-order valence-electron chi connectivity index (χ0n) is 15.4. The molecule has 0 fully saturated rings. The second-order valence-electron chi connectivity index (χ2n) is 7.61. The fourth-order valence-electron chi connectivity index (χ4n) is 2.62. The van der Waals surface area contributed by atoms with Crippen molar-refractivity contribution in [3.05, 3.63) is 59.7 Å². The van der Waals surface area contributed by atoms with Gasteiger partial charge in [0.25, 0.3) is 0 Å². The van der Waals surface area contributed by atoms with Gasteiger partial charge in [0.05, 0.1) is 12.5 Å². The van der Waals surface area contributed by atoms with Crippen LogP contribution in [0, 0.1) is 0 Å². The summed E-state index contributed by atoms with van der Waals surface area (Å²) < 4.78 is 5.41. The Kier molecular flexibility index (Phi) is 5.02. The van der Waals surface area contributed by atoms with Crippen LogP contribution in [-0.4, -0.2) is 13.0 Å². The number of hydrogen-bond donors (Lipinski definition) is 1. The molecule has 0 saturated carbocycles. The SMILES string of the molecule is COc1ccccc1C(C)(C)C(=O)Nc1ccc(C(C)(C)C)cc1. The average molecular weight is 325 g/mol. The lowest BCUT2D eigenvalue weighted by atomic mass is 9.83. The van der Waals surface area contributed by atoms with E-state index in [0.29, 0.717) is 0 Å². The van der Waals surface area contributed by atoms with Gasteiger partial charge in [0, 0.05) is 11.3 Å². The predicted molar refractivity (Wildman–Crippen MR) is 99.8 cm³/mol. The van der Waals surface area contributed by atoms with Crippen molar-refractivity contribution in [2.75, 3.05) is 12.4 Å². The van der Waals surface area contributed by atoms with E-state index < -0.39 is 5.41 Å². The third-order valence-electron chi connectivity index (χ3n) is 4.36. The van der Waals surface area contributed by atoms with Crippen molar-refractivity contribution in [1.29, 1.82) is 0 Å². The molecule has 3 heteroatoms. The van der Waals surface area contributed by atoms with Crippen LogP contribution in [0.2, 0.25) is 0 Å². The number of amides is 1. The van der Waals surface area contributed by atoms with Crippen LogP contribution in [0.1, 0.15) is 45.7 Å². The summed E-state index contributed by atoms with van der Waals surface area (Å²) in [5, 5.41) is 3.02. The Morgan fingerprint density at radius 2 is 1.50 bits per heavy atom. The number of benzene rings is 2. The summed E-state index contributed by atoms with van der Waals surface area (Å²) >= 11 is 0. The highest BCUT2D eigenvalue weighted by Crippen LogP contribution is 2.32. The molecule has 0 aliphatic rings. The monoisotopic (exact) mass is 325 g/mol. The summed E-state index contributed by atoms with van der Waals surface area (Å²) in [5.41, 5.74) is 2.31. The van der Waals surface area contributed by atoms with Crippen LogP contribution in [0.15, 0.2) is 48.5 Å². The molecule has 24 heavy (non-hydrogen) atoms. The number of anilines is 1. The van der Waals surface area contributed by atoms with Gasteiger partial charge in [0.2, 0.25) is 5.91 Å². The van der Waals surface area contributed by atoms with Crippen LogP contribution in [0.4, 0.5) is 5.69 Å². The Bertz CT molecular complexity index is 709. The van der Waals surface area contributed by atoms with E-state index >= 15 is 0 Å². The lowest BCUT2D eigenvalue weighted by Gasteiger charge is -2.26. The lowest BCUT2D eigenvalue weighted by Crippen LogP contribution is -2.35. The normalized spacial score (nSPS) is 11.9. The Hall–Kier alpha value is -2.29. The smallest absolute Gasteiger partial charge is 0.234 e. The van der Waals surface area contributed by atoms with Gasteiger partial charge in [-0.1, -0.05) is 51.1 Å². The molecule has 0 radical (unpaired) electrons. The molecule has 0 spiro atoms. The topological polar surface area (TPSA) is 38.3 Å². The van der Waals surface area contributed by atoms with E-state index in [1.807, 2.05) is 50.2 Å². The molecule has 0 atom stereocenters. The molecule has 2 rings (SSSR count). The fourth-order valence-corrected chi connectivity index (χ4v) is 2.62. The standard InChI is InChI=1S/C21H27NO2/c1-20(2,3)15-11-13-16(14-12-15)22-19(23)21(4,5)17-9-7-8-10-18(17)24-6/h7-14H,1-6H3,(H,22,23). The van der Waals surface area contributed by atoms with E-state index in [0.717, 1.165) is 17.0 Å². The van der Waals surface area contributed by atoms with Gasteiger partial charge in [-0.05, 0) is 43.0 Å². The summed E-state index contributed by atoms with van der Waals surface area (Å²) in [7, 11) is 1.62. The maximum Gasteiger partial charge on any atom is 0.234 e. The molecule has 0 bridgehead atoms. The number of rotatable bonds is 4. The average Bonchev–Trinajstić information content (AvgIpc) is 2.54. The fraction of sp³-hybridized carbons (Fsp3) is 0.381. The van der Waals surface area contributed by atoms with Gasteiger partial charge in [-0.3, -0.25) is 4.79 Å². The van der Waals surface area contributed by atoms with Crippen molar-refractivity contribution in [3.63, 3.8) is 0 Å². The largest absolute Gasteiger partial charge is 0.496 e. The van der Waals surface area contributed by atoms with E-state index in [4.69, 9.17) is 4.74 Å². The molecule has 2 aromatic rings. The van der Waals surface area contributed by atoms with Crippen molar-refractivity contribution in [2.45, 2.75) is 45.4 Å². The minimum atomic E-state index is -0.699. The van der Waals surface area contributed by atoms with Crippen molar-refractivity contribution in [3.8, 4) is 5.75 Å². The summed E-state index contributed by atoms with van der Waals surface area (Å²) in [6, 6.07) is 15.7. The number of para-hydroxylation sites is 1. The van der Waals surface area contributed by atoms with Crippen LogP contribution in [0.3, 0.4) is 0 Å². The highest BCUT2D eigenvalue weighted by atomic mass is 16.5. The maximum atomic E-state index is 12.8. The van der Waals surface area contributed by atoms with Crippen molar-refractivity contribution in [1.82, 2.24) is 0 Å². The molecular weight excluding hydrogens is 298 g/mol. The van der Waals surface area contributed by atoms with Crippen molar-refractivity contribution < 1.29 is 9.53 Å². The van der Waals surface area contributed by atoms with Crippen LogP contribution in [0.5, 0.6) is 5.75 Å². The Balaban J connectivity index is 2.22. The van der Waals surface area contributed by atoms with E-state index in [2.05, 4.69) is 38.2 Å². The molecule has 0 aliphatic heterocycles. The zero-order valence-corrected chi connectivity index (χ0v) is 15.4. The Morgan fingerprint density at radius 3 is 2.04 bits per heavy atom. The second-order valence-corrected chi connectivity index (χ2v) is 7.61. The Labute approximate surface area is 145 Å². The van der Waals surface area contributed by atoms with Gasteiger partial charge in [-0.15, -0.1) is 0 Å². The number of methoxy groups -OCH3 is 1. The summed E-state index contributed by atoms with van der Waals surface area (Å²) in [6.07, 6.45) is 0. The first-order valence-corrected chi connectivity index (χ1v) is 8.22. The minimum Gasteiger partial charge on any atom is -0.496 e. The lowest BCUT2D eigenvalue weighted by molar-refractivity contribution is -0.120. The number of carbonyl (C=O) groups excluding carboxylic acids is 1. The second kappa shape index (κ2) is 6.68. The van der Waals surface area contributed by atoms with Crippen LogP contribution in [-0.2, 0) is 15.6 Å². The molecule has 1 amide bonds. The Morgan fingerprint density at radius 1 is 0.917 bits per heavy atom. The molecule has 0 heterocycles. The highest BCUT2D eigenvalue weighted by Gasteiger charge is 2.32. The van der Waals surface area contributed by atoms with E-state index in [1.165, 1.54) is 5.56 Å². The summed E-state index contributed by atoms with van der Waals surface area (Å²) in [4.78, 5) is 12.8. The van der Waals surface area contributed by atoms with E-state index in [-0.39, 0.29) is 11.3 Å². The van der Waals surface area contributed by atoms with Gasteiger partial charge >= 0.3 is 0 Å². The first-order chi connectivity index (χ1) is 11.2. The zero-order chi connectivity index (χ0) is 18.0. The predicted octanol–water partition coefficient (Wildman–Crippen LogP) is 4.91. The van der Waals surface area contributed by atoms with Gasteiger partial charge in [0.15, 0.2) is 0 Å². The molecule has 0 saturated heterocycles. The van der Waals surface area contributed by atoms with Crippen molar-refractivity contribution >= 4 is 11.6 Å². The summed E-state index contributed by atoms with van der Waals surface area (Å²) in [5.74, 6) is 0.663.